The highest BCUT2D eigenvalue weighted by Crippen LogP contribution is 2.25. The maximum absolute atomic E-state index is 5.90. The van der Waals surface area contributed by atoms with Crippen molar-refractivity contribution in [2.24, 2.45) is 4.99 Å². The summed E-state index contributed by atoms with van der Waals surface area (Å²) in [5, 5.41) is 4.14. The number of anilines is 1. The van der Waals surface area contributed by atoms with Gasteiger partial charge in [0.2, 0.25) is 0 Å². The lowest BCUT2D eigenvalue weighted by Crippen LogP contribution is -2.00. The summed E-state index contributed by atoms with van der Waals surface area (Å²) in [6.45, 7) is 4.39. The average Bonchev–Trinajstić information content (AvgIpc) is 3.22. The minimum Gasteiger partial charge on any atom is -0.487 e. The fourth-order valence-electron chi connectivity index (χ4n) is 3.03. The molecule has 4 aromatic rings. The Bertz CT molecular complexity index is 1140. The molecular formula is C23H21N5O2. The van der Waals surface area contributed by atoms with E-state index < -0.39 is 0 Å². The molecule has 0 saturated carbocycles. The van der Waals surface area contributed by atoms with Crippen LogP contribution in [0.5, 0.6) is 5.75 Å². The van der Waals surface area contributed by atoms with Crippen LogP contribution >= 0.6 is 0 Å². The second-order valence-electron chi connectivity index (χ2n) is 6.73. The number of benzene rings is 1. The van der Waals surface area contributed by atoms with Gasteiger partial charge in [0.1, 0.15) is 18.2 Å². The maximum atomic E-state index is 5.90. The van der Waals surface area contributed by atoms with E-state index in [1.807, 2.05) is 60.7 Å². The molecule has 0 amide bonds. The highest BCUT2D eigenvalue weighted by Gasteiger charge is 2.11. The van der Waals surface area contributed by atoms with Crippen molar-refractivity contribution in [2.75, 3.05) is 5.73 Å². The summed E-state index contributed by atoms with van der Waals surface area (Å²) < 4.78 is 11.3. The lowest BCUT2D eigenvalue weighted by atomic mass is 10.1. The molecule has 3 heterocycles. The third kappa shape index (κ3) is 4.70. The van der Waals surface area contributed by atoms with Gasteiger partial charge in [0.25, 0.3) is 0 Å². The number of aliphatic imine (C=N–C) groups is 1. The Morgan fingerprint density at radius 1 is 1.00 bits per heavy atom. The Balaban J connectivity index is 1.37. The molecule has 0 aliphatic rings. The first-order valence-electron chi connectivity index (χ1n) is 9.47. The third-order valence-electron chi connectivity index (χ3n) is 4.50. The van der Waals surface area contributed by atoms with Gasteiger partial charge in [-0.2, -0.15) is 0 Å². The van der Waals surface area contributed by atoms with E-state index in [-0.39, 0.29) is 0 Å². The van der Waals surface area contributed by atoms with Crippen LogP contribution in [0.4, 0.5) is 5.82 Å². The van der Waals surface area contributed by atoms with E-state index >= 15 is 0 Å². The minimum atomic E-state index is 0.392. The van der Waals surface area contributed by atoms with Gasteiger partial charge >= 0.3 is 0 Å². The minimum absolute atomic E-state index is 0.392. The van der Waals surface area contributed by atoms with Gasteiger partial charge in [0.05, 0.1) is 29.2 Å². The summed E-state index contributed by atoms with van der Waals surface area (Å²) in [6, 6.07) is 19.2. The van der Waals surface area contributed by atoms with Crippen LogP contribution in [0.3, 0.4) is 0 Å². The van der Waals surface area contributed by atoms with Crippen molar-refractivity contribution in [3.05, 3.63) is 89.5 Å². The largest absolute Gasteiger partial charge is 0.487 e. The third-order valence-corrected chi connectivity index (χ3v) is 4.50. The summed E-state index contributed by atoms with van der Waals surface area (Å²) in [4.78, 5) is 12.4. The topological polar surface area (TPSA) is 99.4 Å². The molecule has 0 spiro atoms. The van der Waals surface area contributed by atoms with Crippen molar-refractivity contribution in [3.63, 3.8) is 0 Å². The zero-order valence-corrected chi connectivity index (χ0v) is 16.4. The number of rotatable bonds is 8. The molecule has 30 heavy (non-hydrogen) atoms. The predicted octanol–water partition coefficient (Wildman–Crippen LogP) is 4.08. The molecule has 7 nitrogen and oxygen atoms in total. The first-order chi connectivity index (χ1) is 14.7. The number of nitrogens with zero attached hydrogens (tertiary/aromatic N) is 4. The number of pyridine rings is 2. The van der Waals surface area contributed by atoms with Crippen LogP contribution in [-0.2, 0) is 19.6 Å². The van der Waals surface area contributed by atoms with Crippen LogP contribution in [0.2, 0.25) is 0 Å². The van der Waals surface area contributed by atoms with Gasteiger partial charge in [0.15, 0.2) is 5.76 Å². The molecule has 0 unspecified atom stereocenters. The summed E-state index contributed by atoms with van der Waals surface area (Å²) in [7, 11) is 0. The molecule has 1 aromatic carbocycles. The zero-order chi connectivity index (χ0) is 20.8. The van der Waals surface area contributed by atoms with Gasteiger partial charge in [-0.05, 0) is 48.7 Å². The van der Waals surface area contributed by atoms with Gasteiger partial charge in [0, 0.05) is 18.7 Å². The van der Waals surface area contributed by atoms with E-state index in [2.05, 4.69) is 26.8 Å². The first kappa shape index (κ1) is 19.3. The van der Waals surface area contributed by atoms with Crippen LogP contribution in [0.15, 0.2) is 76.4 Å². The van der Waals surface area contributed by atoms with E-state index in [1.54, 1.807) is 6.20 Å². The SMILES string of the molecule is C=NCc1cccc(COc2ccc(Cc3cc(-c4cccnc4N)on3)cc2)n1. The Morgan fingerprint density at radius 3 is 2.63 bits per heavy atom. The van der Waals surface area contributed by atoms with Crippen LogP contribution in [0.25, 0.3) is 11.3 Å². The molecule has 0 aliphatic heterocycles. The lowest BCUT2D eigenvalue weighted by molar-refractivity contribution is 0.301. The van der Waals surface area contributed by atoms with Crippen molar-refractivity contribution < 1.29 is 9.26 Å². The van der Waals surface area contributed by atoms with E-state index in [1.165, 1.54) is 0 Å². The molecule has 0 bridgehead atoms. The van der Waals surface area contributed by atoms with Gasteiger partial charge in [-0.25, -0.2) is 4.98 Å². The summed E-state index contributed by atoms with van der Waals surface area (Å²) >= 11 is 0. The molecule has 2 N–H and O–H groups in total. The van der Waals surface area contributed by atoms with Gasteiger partial charge in [-0.1, -0.05) is 23.4 Å². The molecular weight excluding hydrogens is 378 g/mol. The smallest absolute Gasteiger partial charge is 0.170 e. The van der Waals surface area contributed by atoms with Crippen LogP contribution in [0.1, 0.15) is 22.6 Å². The Kier molecular flexibility index (Phi) is 5.80. The molecule has 0 aliphatic carbocycles. The van der Waals surface area contributed by atoms with E-state index in [0.717, 1.165) is 34.0 Å². The van der Waals surface area contributed by atoms with Gasteiger partial charge in [-0.3, -0.25) is 9.98 Å². The monoisotopic (exact) mass is 399 g/mol. The normalized spacial score (nSPS) is 10.7. The van der Waals surface area contributed by atoms with Crippen LogP contribution in [0, 0.1) is 0 Å². The van der Waals surface area contributed by atoms with E-state index in [0.29, 0.717) is 31.2 Å². The van der Waals surface area contributed by atoms with Crippen molar-refractivity contribution in [2.45, 2.75) is 19.6 Å². The molecule has 4 rings (SSSR count). The highest BCUT2D eigenvalue weighted by atomic mass is 16.5. The van der Waals surface area contributed by atoms with Gasteiger partial charge < -0.3 is 15.0 Å². The second-order valence-corrected chi connectivity index (χ2v) is 6.73. The number of ether oxygens (including phenoxy) is 1. The molecule has 0 atom stereocenters. The average molecular weight is 399 g/mol. The lowest BCUT2D eigenvalue weighted by Gasteiger charge is -2.07. The number of hydrogen-bond donors (Lipinski definition) is 1. The zero-order valence-electron chi connectivity index (χ0n) is 16.4. The molecule has 0 saturated heterocycles. The second kappa shape index (κ2) is 9.00. The van der Waals surface area contributed by atoms with Crippen molar-refractivity contribution in [3.8, 4) is 17.1 Å². The van der Waals surface area contributed by atoms with Crippen LogP contribution < -0.4 is 10.5 Å². The fraction of sp³-hybridized carbons (Fsp3) is 0.130. The van der Waals surface area contributed by atoms with Crippen molar-refractivity contribution in [1.29, 1.82) is 0 Å². The quantitative estimate of drug-likeness (QED) is 0.448. The van der Waals surface area contributed by atoms with E-state index in [9.17, 15) is 0 Å². The molecule has 150 valence electrons. The Labute approximate surface area is 174 Å². The summed E-state index contributed by atoms with van der Waals surface area (Å²) in [5.74, 6) is 1.80. The number of nitrogen functional groups attached to an aromatic ring is 1. The molecule has 3 aromatic heterocycles. The van der Waals surface area contributed by atoms with Crippen LogP contribution in [-0.4, -0.2) is 21.8 Å². The predicted molar refractivity (Wildman–Crippen MR) is 115 cm³/mol. The van der Waals surface area contributed by atoms with E-state index in [4.69, 9.17) is 15.0 Å². The molecule has 0 radical (unpaired) electrons. The van der Waals surface area contributed by atoms with Gasteiger partial charge in [-0.15, -0.1) is 0 Å². The van der Waals surface area contributed by atoms with Crippen molar-refractivity contribution >= 4 is 12.5 Å². The first-order valence-corrected chi connectivity index (χ1v) is 9.47. The number of hydrogen-bond acceptors (Lipinski definition) is 7. The maximum Gasteiger partial charge on any atom is 0.170 e. The van der Waals surface area contributed by atoms with Crippen molar-refractivity contribution in [1.82, 2.24) is 15.1 Å². The number of aromatic nitrogens is 3. The Morgan fingerprint density at radius 2 is 1.83 bits per heavy atom. The summed E-state index contributed by atoms with van der Waals surface area (Å²) in [6.07, 6.45) is 2.28. The highest BCUT2D eigenvalue weighted by molar-refractivity contribution is 5.69. The fourth-order valence-corrected chi connectivity index (χ4v) is 3.03. The number of nitrogens with two attached hydrogens (primary N) is 1. The standard InChI is InChI=1S/C23H21N5O2/c1-25-14-17-4-2-5-18(27-17)15-29-20-9-7-16(8-10-20)12-19-13-22(30-28-19)21-6-3-11-26-23(21)24/h2-11,13H,1,12,14-15H2,(H2,24,26). The Hall–Kier alpha value is -4.00. The molecule has 0 fully saturated rings. The summed E-state index contributed by atoms with van der Waals surface area (Å²) in [5.41, 5.74) is 10.3. The molecule has 7 heteroatoms.